The van der Waals surface area contributed by atoms with Gasteiger partial charge in [0.1, 0.15) is 5.75 Å². The fourth-order valence-corrected chi connectivity index (χ4v) is 3.03. The maximum Gasteiger partial charge on any atom is 0.387 e. The number of amides is 1. The Hall–Kier alpha value is -2.64. The van der Waals surface area contributed by atoms with Crippen molar-refractivity contribution in [3.63, 3.8) is 0 Å². The molecule has 0 aliphatic carbocycles. The molecule has 146 valence electrons. The van der Waals surface area contributed by atoms with E-state index in [4.69, 9.17) is 4.52 Å². The van der Waals surface area contributed by atoms with Gasteiger partial charge in [-0.2, -0.15) is 8.78 Å². The summed E-state index contributed by atoms with van der Waals surface area (Å²) < 4.78 is 34.4. The number of anilines is 2. The molecule has 1 aliphatic rings. The lowest BCUT2D eigenvalue weighted by Crippen LogP contribution is -2.36. The molecule has 1 aromatic carbocycles. The van der Waals surface area contributed by atoms with Gasteiger partial charge in [-0.1, -0.05) is 25.9 Å². The second kappa shape index (κ2) is 7.54. The van der Waals surface area contributed by atoms with E-state index in [9.17, 15) is 13.6 Å². The third-order valence-corrected chi connectivity index (χ3v) is 4.37. The van der Waals surface area contributed by atoms with E-state index in [-0.39, 0.29) is 23.6 Å². The van der Waals surface area contributed by atoms with Crippen molar-refractivity contribution in [1.82, 2.24) is 5.16 Å². The summed E-state index contributed by atoms with van der Waals surface area (Å²) in [6.07, 6.45) is 1.58. The van der Waals surface area contributed by atoms with Crippen molar-refractivity contribution in [2.75, 3.05) is 23.3 Å². The summed E-state index contributed by atoms with van der Waals surface area (Å²) in [5.74, 6) is 0.210. The highest BCUT2D eigenvalue weighted by Gasteiger charge is 2.22. The van der Waals surface area contributed by atoms with E-state index in [1.807, 2.05) is 25.7 Å². The van der Waals surface area contributed by atoms with Crippen LogP contribution < -0.4 is 15.0 Å². The van der Waals surface area contributed by atoms with Crippen LogP contribution >= 0.6 is 0 Å². The van der Waals surface area contributed by atoms with E-state index in [0.717, 1.165) is 29.8 Å². The molecule has 8 heteroatoms. The molecule has 6 nitrogen and oxygen atoms in total. The van der Waals surface area contributed by atoms with E-state index in [1.165, 1.54) is 6.07 Å². The highest BCUT2D eigenvalue weighted by atomic mass is 19.3. The van der Waals surface area contributed by atoms with Gasteiger partial charge in [-0.05, 0) is 36.6 Å². The van der Waals surface area contributed by atoms with Crippen LogP contribution in [0.2, 0.25) is 0 Å². The number of nitrogens with one attached hydrogen (secondary N) is 1. The Kier molecular flexibility index (Phi) is 5.34. The third-order valence-electron chi connectivity index (χ3n) is 4.37. The smallest absolute Gasteiger partial charge is 0.387 e. The van der Waals surface area contributed by atoms with E-state index in [0.29, 0.717) is 12.4 Å². The number of fused-ring (bicyclic) bond motifs is 1. The van der Waals surface area contributed by atoms with Gasteiger partial charge in [0.2, 0.25) is 11.8 Å². The Balaban J connectivity index is 1.66. The number of nitrogens with zero attached hydrogens (tertiary/aromatic N) is 2. The number of hydrogen-bond donors (Lipinski definition) is 1. The zero-order chi connectivity index (χ0) is 19.6. The quantitative estimate of drug-likeness (QED) is 0.852. The molecule has 2 aromatic rings. The van der Waals surface area contributed by atoms with E-state index >= 15 is 0 Å². The highest BCUT2D eigenvalue weighted by molar-refractivity contribution is 5.93. The number of alkyl halides is 2. The zero-order valence-electron chi connectivity index (χ0n) is 15.6. The first-order valence-electron chi connectivity index (χ1n) is 8.82. The van der Waals surface area contributed by atoms with Crippen molar-refractivity contribution in [3.05, 3.63) is 35.5 Å². The lowest BCUT2D eigenvalue weighted by molar-refractivity contribution is -0.115. The molecule has 0 saturated carbocycles. The van der Waals surface area contributed by atoms with Crippen LogP contribution in [0.25, 0.3) is 0 Å². The van der Waals surface area contributed by atoms with Gasteiger partial charge in [-0.25, -0.2) is 0 Å². The summed E-state index contributed by atoms with van der Waals surface area (Å²) in [4.78, 5) is 14.3. The molecule has 1 amide bonds. The van der Waals surface area contributed by atoms with Gasteiger partial charge in [0.05, 0.1) is 12.2 Å². The van der Waals surface area contributed by atoms with Crippen molar-refractivity contribution < 1.29 is 22.8 Å². The van der Waals surface area contributed by atoms with Crippen molar-refractivity contribution >= 4 is 17.5 Å². The standard InChI is InChI=1S/C19H23F2N3O3/c1-19(2,3)15-10-17(27-23-15)22-16(25)11-24-8-4-5-12-9-13(26-18(20)21)6-7-14(12)24/h6-7,9-10,18H,4-5,8,11H2,1-3H3,(H,22,25). The van der Waals surface area contributed by atoms with Gasteiger partial charge in [-0.3, -0.25) is 10.1 Å². The number of aryl methyl sites for hydroxylation is 1. The average molecular weight is 379 g/mol. The average Bonchev–Trinajstić information content (AvgIpc) is 3.03. The van der Waals surface area contributed by atoms with Crippen LogP contribution in [0.5, 0.6) is 5.75 Å². The lowest BCUT2D eigenvalue weighted by atomic mass is 9.92. The fourth-order valence-electron chi connectivity index (χ4n) is 3.03. The molecule has 1 N–H and O–H groups in total. The predicted octanol–water partition coefficient (Wildman–Crippen LogP) is 3.96. The highest BCUT2D eigenvalue weighted by Crippen LogP contribution is 2.31. The molecule has 2 heterocycles. The molecule has 3 rings (SSSR count). The van der Waals surface area contributed by atoms with E-state index in [1.54, 1.807) is 18.2 Å². The molecule has 0 fully saturated rings. The molecule has 0 saturated heterocycles. The normalized spacial score (nSPS) is 14.2. The molecule has 27 heavy (non-hydrogen) atoms. The minimum absolute atomic E-state index is 0.131. The second-order valence-corrected chi connectivity index (χ2v) is 7.57. The summed E-state index contributed by atoms with van der Waals surface area (Å²) in [6.45, 7) is 4.01. The number of rotatable bonds is 5. The van der Waals surface area contributed by atoms with Crippen LogP contribution in [0.4, 0.5) is 20.4 Å². The lowest BCUT2D eigenvalue weighted by Gasteiger charge is -2.30. The van der Waals surface area contributed by atoms with Crippen molar-refractivity contribution in [2.24, 2.45) is 0 Å². The first kappa shape index (κ1) is 19.1. The number of carbonyl (C=O) groups is 1. The molecule has 0 unspecified atom stereocenters. The van der Waals surface area contributed by atoms with Crippen LogP contribution in [-0.2, 0) is 16.6 Å². The van der Waals surface area contributed by atoms with Gasteiger partial charge < -0.3 is 14.2 Å². The summed E-state index contributed by atoms with van der Waals surface area (Å²) in [5.41, 5.74) is 2.33. The minimum Gasteiger partial charge on any atom is -0.435 e. The summed E-state index contributed by atoms with van der Waals surface area (Å²) >= 11 is 0. The first-order valence-corrected chi connectivity index (χ1v) is 8.82. The zero-order valence-corrected chi connectivity index (χ0v) is 15.6. The van der Waals surface area contributed by atoms with Gasteiger partial charge >= 0.3 is 6.61 Å². The molecule has 1 aliphatic heterocycles. The third kappa shape index (κ3) is 4.75. The van der Waals surface area contributed by atoms with Crippen LogP contribution in [0, 0.1) is 0 Å². The molecular formula is C19H23F2N3O3. The molecule has 0 bridgehead atoms. The van der Waals surface area contributed by atoms with Gasteiger partial charge in [0.25, 0.3) is 0 Å². The van der Waals surface area contributed by atoms with Crippen molar-refractivity contribution in [1.29, 1.82) is 0 Å². The molecule has 0 spiro atoms. The van der Waals surface area contributed by atoms with Gasteiger partial charge in [0.15, 0.2) is 0 Å². The molecule has 0 radical (unpaired) electrons. The van der Waals surface area contributed by atoms with E-state index in [2.05, 4.69) is 15.2 Å². The molecular weight excluding hydrogens is 356 g/mol. The monoisotopic (exact) mass is 379 g/mol. The maximum absolute atomic E-state index is 12.4. The van der Waals surface area contributed by atoms with Gasteiger partial charge in [0, 0.05) is 23.7 Å². The van der Waals surface area contributed by atoms with Crippen LogP contribution in [0.3, 0.4) is 0 Å². The predicted molar refractivity (Wildman–Crippen MR) is 97.4 cm³/mol. The molecule has 1 aromatic heterocycles. The van der Waals surface area contributed by atoms with Crippen LogP contribution in [0.1, 0.15) is 38.4 Å². The maximum atomic E-state index is 12.4. The fraction of sp³-hybridized carbons (Fsp3) is 0.474. The minimum atomic E-state index is -2.85. The topological polar surface area (TPSA) is 67.6 Å². The second-order valence-electron chi connectivity index (χ2n) is 7.57. The number of aromatic nitrogens is 1. The molecule has 0 atom stereocenters. The number of carbonyl (C=O) groups excluding carboxylic acids is 1. The van der Waals surface area contributed by atoms with Crippen molar-refractivity contribution in [3.8, 4) is 5.75 Å². The Bertz CT molecular complexity index is 815. The Morgan fingerprint density at radius 2 is 2.15 bits per heavy atom. The number of hydrogen-bond acceptors (Lipinski definition) is 5. The van der Waals surface area contributed by atoms with Crippen molar-refractivity contribution in [2.45, 2.75) is 45.6 Å². The summed E-state index contributed by atoms with van der Waals surface area (Å²) in [7, 11) is 0. The summed E-state index contributed by atoms with van der Waals surface area (Å²) in [5, 5.41) is 6.69. The van der Waals surface area contributed by atoms with Crippen LogP contribution in [0.15, 0.2) is 28.8 Å². The van der Waals surface area contributed by atoms with Gasteiger partial charge in [-0.15, -0.1) is 0 Å². The Morgan fingerprint density at radius 3 is 2.81 bits per heavy atom. The summed E-state index contributed by atoms with van der Waals surface area (Å²) in [6, 6.07) is 6.53. The number of benzene rings is 1. The Labute approximate surface area is 156 Å². The van der Waals surface area contributed by atoms with Crippen LogP contribution in [-0.4, -0.2) is 30.8 Å². The SMILES string of the molecule is CC(C)(C)c1cc(NC(=O)CN2CCCc3cc(OC(F)F)ccc32)on1. The number of halogens is 2. The Morgan fingerprint density at radius 1 is 1.37 bits per heavy atom. The first-order chi connectivity index (χ1) is 12.7. The number of ether oxygens (including phenoxy) is 1. The van der Waals surface area contributed by atoms with E-state index < -0.39 is 6.61 Å². The largest absolute Gasteiger partial charge is 0.435 e.